The number of hydrogen-bond acceptors (Lipinski definition) is 3. The van der Waals surface area contributed by atoms with Crippen molar-refractivity contribution in [1.82, 2.24) is 0 Å². The maximum atomic E-state index is 13.0. The molecule has 1 fully saturated rings. The van der Waals surface area contributed by atoms with Crippen LogP contribution in [0.3, 0.4) is 0 Å². The van der Waals surface area contributed by atoms with Crippen LogP contribution in [0.2, 0.25) is 0 Å². The van der Waals surface area contributed by atoms with Crippen LogP contribution in [0.4, 0.5) is 24.5 Å². The summed E-state index contributed by atoms with van der Waals surface area (Å²) in [7, 11) is 0. The fraction of sp³-hybridized carbons (Fsp3) is 0.167. The number of nitrogens with zero attached hydrogens (tertiary/aromatic N) is 1. The molecule has 1 atom stereocenters. The summed E-state index contributed by atoms with van der Waals surface area (Å²) in [6, 6.07) is 19.0. The molecule has 4 rings (SSSR count). The predicted molar refractivity (Wildman–Crippen MR) is 120 cm³/mol. The van der Waals surface area contributed by atoms with Gasteiger partial charge in [0.1, 0.15) is 5.37 Å². The minimum absolute atomic E-state index is 0.0102. The first kappa shape index (κ1) is 22.0. The minimum atomic E-state index is -4.53. The van der Waals surface area contributed by atoms with Crippen molar-refractivity contribution < 1.29 is 22.8 Å². The number of thioether (sulfide) groups is 1. The zero-order valence-electron chi connectivity index (χ0n) is 17.0. The molecule has 1 heterocycles. The van der Waals surface area contributed by atoms with Crippen molar-refractivity contribution >= 4 is 35.0 Å². The second-order valence-electron chi connectivity index (χ2n) is 7.42. The van der Waals surface area contributed by atoms with E-state index in [9.17, 15) is 22.8 Å². The highest BCUT2D eigenvalue weighted by atomic mass is 32.2. The van der Waals surface area contributed by atoms with Crippen LogP contribution in [-0.4, -0.2) is 17.6 Å². The summed E-state index contributed by atoms with van der Waals surface area (Å²) in [6.07, 6.45) is -4.53. The summed E-state index contributed by atoms with van der Waals surface area (Å²) in [5.41, 5.74) is 2.11. The Morgan fingerprint density at radius 3 is 2.53 bits per heavy atom. The van der Waals surface area contributed by atoms with Crippen molar-refractivity contribution in [3.8, 4) is 0 Å². The average Bonchev–Trinajstić information content (AvgIpc) is 3.15. The van der Waals surface area contributed by atoms with E-state index in [2.05, 4.69) is 5.32 Å². The van der Waals surface area contributed by atoms with E-state index in [0.717, 1.165) is 28.9 Å². The normalized spacial score (nSPS) is 16.3. The number of rotatable bonds is 4. The number of aryl methyl sites for hydroxylation is 1. The van der Waals surface area contributed by atoms with Crippen molar-refractivity contribution in [2.75, 3.05) is 16.0 Å². The van der Waals surface area contributed by atoms with Gasteiger partial charge in [0.15, 0.2) is 0 Å². The number of carbonyl (C=O) groups is 2. The lowest BCUT2D eigenvalue weighted by Gasteiger charge is -2.25. The van der Waals surface area contributed by atoms with Crippen LogP contribution in [0.1, 0.15) is 32.4 Å². The SMILES string of the molecule is Cc1cccc(N2C(=O)CSC2c2cccc(NC(=O)c3cccc(C(F)(F)F)c3)c2)c1. The Morgan fingerprint density at radius 1 is 1.03 bits per heavy atom. The molecule has 32 heavy (non-hydrogen) atoms. The monoisotopic (exact) mass is 456 g/mol. The Labute approximate surface area is 187 Å². The van der Waals surface area contributed by atoms with Crippen molar-refractivity contribution in [2.45, 2.75) is 18.5 Å². The van der Waals surface area contributed by atoms with E-state index in [0.29, 0.717) is 11.4 Å². The molecule has 3 aromatic rings. The molecule has 1 saturated heterocycles. The predicted octanol–water partition coefficient (Wildman–Crippen LogP) is 6.04. The molecule has 4 nitrogen and oxygen atoms in total. The lowest BCUT2D eigenvalue weighted by atomic mass is 10.1. The topological polar surface area (TPSA) is 49.4 Å². The van der Waals surface area contributed by atoms with Crippen LogP contribution < -0.4 is 10.2 Å². The maximum absolute atomic E-state index is 13.0. The fourth-order valence-electron chi connectivity index (χ4n) is 3.54. The number of nitrogens with one attached hydrogen (secondary N) is 1. The van der Waals surface area contributed by atoms with Crippen molar-refractivity contribution in [2.24, 2.45) is 0 Å². The molecule has 0 aliphatic carbocycles. The van der Waals surface area contributed by atoms with Crippen LogP contribution in [0, 0.1) is 6.92 Å². The molecule has 0 bridgehead atoms. The summed E-state index contributed by atoms with van der Waals surface area (Å²) in [4.78, 5) is 26.9. The molecule has 1 N–H and O–H groups in total. The molecule has 3 aromatic carbocycles. The Kier molecular flexibility index (Phi) is 5.97. The van der Waals surface area contributed by atoms with Crippen LogP contribution in [0.25, 0.3) is 0 Å². The van der Waals surface area contributed by atoms with Gasteiger partial charge in [-0.05, 0) is 60.5 Å². The highest BCUT2D eigenvalue weighted by Gasteiger charge is 2.34. The molecule has 2 amide bonds. The van der Waals surface area contributed by atoms with Gasteiger partial charge >= 0.3 is 6.18 Å². The molecule has 8 heteroatoms. The summed E-state index contributed by atoms with van der Waals surface area (Å²) in [6.45, 7) is 1.95. The number of anilines is 2. The zero-order valence-corrected chi connectivity index (χ0v) is 17.8. The third-order valence-electron chi connectivity index (χ3n) is 5.03. The van der Waals surface area contributed by atoms with Gasteiger partial charge in [-0.2, -0.15) is 13.2 Å². The first-order valence-electron chi connectivity index (χ1n) is 9.81. The number of amides is 2. The minimum Gasteiger partial charge on any atom is -0.322 e. The summed E-state index contributed by atoms with van der Waals surface area (Å²) < 4.78 is 38.9. The van der Waals surface area contributed by atoms with E-state index in [4.69, 9.17) is 0 Å². The number of benzene rings is 3. The second-order valence-corrected chi connectivity index (χ2v) is 8.49. The number of alkyl halides is 3. The van der Waals surface area contributed by atoms with Crippen LogP contribution in [0.5, 0.6) is 0 Å². The highest BCUT2D eigenvalue weighted by Crippen LogP contribution is 2.42. The van der Waals surface area contributed by atoms with Gasteiger partial charge in [-0.25, -0.2) is 0 Å². The van der Waals surface area contributed by atoms with E-state index >= 15 is 0 Å². The standard InChI is InChI=1S/C24H19F3N2O2S/c1-15-5-2-10-20(11-15)29-21(30)14-32-23(29)17-7-4-9-19(13-17)28-22(31)16-6-3-8-18(12-16)24(25,26)27/h2-13,23H,14H2,1H3,(H,28,31). The Morgan fingerprint density at radius 2 is 1.78 bits per heavy atom. The molecular weight excluding hydrogens is 437 g/mol. The average molecular weight is 456 g/mol. The van der Waals surface area contributed by atoms with Gasteiger partial charge in [-0.3, -0.25) is 14.5 Å². The molecule has 1 aliphatic rings. The lowest BCUT2D eigenvalue weighted by molar-refractivity contribution is -0.137. The molecule has 1 aliphatic heterocycles. The summed E-state index contributed by atoms with van der Waals surface area (Å²) >= 11 is 1.48. The van der Waals surface area contributed by atoms with Gasteiger partial charge in [-0.15, -0.1) is 11.8 Å². The van der Waals surface area contributed by atoms with Crippen molar-refractivity contribution in [3.63, 3.8) is 0 Å². The molecule has 1 unspecified atom stereocenters. The van der Waals surface area contributed by atoms with E-state index in [1.807, 2.05) is 37.3 Å². The number of halogens is 3. The highest BCUT2D eigenvalue weighted by molar-refractivity contribution is 8.00. The Balaban J connectivity index is 1.57. The van der Waals surface area contributed by atoms with Gasteiger partial charge in [-0.1, -0.05) is 30.3 Å². The Bertz CT molecular complexity index is 1180. The van der Waals surface area contributed by atoms with E-state index in [-0.39, 0.29) is 16.8 Å². The quantitative estimate of drug-likeness (QED) is 0.520. The first-order chi connectivity index (χ1) is 15.2. The number of hydrogen-bond donors (Lipinski definition) is 1. The smallest absolute Gasteiger partial charge is 0.322 e. The molecule has 164 valence electrons. The van der Waals surface area contributed by atoms with Gasteiger partial charge in [0.25, 0.3) is 5.91 Å². The molecule has 0 radical (unpaired) electrons. The van der Waals surface area contributed by atoms with Crippen molar-refractivity contribution in [1.29, 1.82) is 0 Å². The molecule has 0 saturated carbocycles. The van der Waals surface area contributed by atoms with Crippen LogP contribution in [-0.2, 0) is 11.0 Å². The van der Waals surface area contributed by atoms with Crippen LogP contribution >= 0.6 is 11.8 Å². The number of carbonyl (C=O) groups excluding carboxylic acids is 2. The van der Waals surface area contributed by atoms with Gasteiger partial charge in [0.05, 0.1) is 11.3 Å². The maximum Gasteiger partial charge on any atom is 0.416 e. The fourth-order valence-corrected chi connectivity index (χ4v) is 4.70. The van der Waals surface area contributed by atoms with E-state index < -0.39 is 17.6 Å². The van der Waals surface area contributed by atoms with E-state index in [1.54, 1.807) is 23.1 Å². The van der Waals surface area contributed by atoms with Gasteiger partial charge < -0.3 is 5.32 Å². The second kappa shape index (κ2) is 8.70. The van der Waals surface area contributed by atoms with E-state index in [1.165, 1.54) is 23.9 Å². The van der Waals surface area contributed by atoms with Gasteiger partial charge in [0.2, 0.25) is 5.91 Å². The molecular formula is C24H19F3N2O2S. The molecule has 0 spiro atoms. The summed E-state index contributed by atoms with van der Waals surface area (Å²) in [5, 5.41) is 2.39. The third kappa shape index (κ3) is 4.65. The molecule has 0 aromatic heterocycles. The van der Waals surface area contributed by atoms with Gasteiger partial charge in [0, 0.05) is 16.9 Å². The summed E-state index contributed by atoms with van der Waals surface area (Å²) in [5.74, 6) is -0.317. The lowest BCUT2D eigenvalue weighted by Crippen LogP contribution is -2.27. The largest absolute Gasteiger partial charge is 0.416 e. The zero-order chi connectivity index (χ0) is 22.9. The Hall–Kier alpha value is -3.26. The van der Waals surface area contributed by atoms with Crippen molar-refractivity contribution in [3.05, 3.63) is 95.1 Å². The first-order valence-corrected chi connectivity index (χ1v) is 10.9. The third-order valence-corrected chi connectivity index (χ3v) is 6.24. The van der Waals surface area contributed by atoms with Crippen LogP contribution in [0.15, 0.2) is 72.8 Å².